The highest BCUT2D eigenvalue weighted by Crippen LogP contribution is 2.29. The molecule has 1 amide bonds. The van der Waals surface area contributed by atoms with Crippen LogP contribution in [0.15, 0.2) is 5.38 Å². The molecule has 0 saturated carbocycles. The third-order valence-electron chi connectivity index (χ3n) is 3.41. The summed E-state index contributed by atoms with van der Waals surface area (Å²) in [5.41, 5.74) is 7.01. The Morgan fingerprint density at radius 2 is 2.00 bits per heavy atom. The van der Waals surface area contributed by atoms with E-state index in [0.29, 0.717) is 12.2 Å². The Morgan fingerprint density at radius 1 is 1.35 bits per heavy atom. The van der Waals surface area contributed by atoms with Crippen LogP contribution in [0.4, 0.5) is 0 Å². The minimum absolute atomic E-state index is 0. The molecule has 2 rings (SSSR count). The van der Waals surface area contributed by atoms with Crippen molar-refractivity contribution in [3.63, 3.8) is 0 Å². The van der Waals surface area contributed by atoms with Crippen molar-refractivity contribution >= 4 is 53.4 Å². The summed E-state index contributed by atoms with van der Waals surface area (Å²) < 4.78 is 0. The molecule has 0 aliphatic carbocycles. The van der Waals surface area contributed by atoms with Crippen LogP contribution in [0, 0.1) is 6.92 Å². The molecule has 0 radical (unpaired) electrons. The van der Waals surface area contributed by atoms with E-state index in [2.05, 4.69) is 16.9 Å². The largest absolute Gasteiger partial charge is 0.333 e. The van der Waals surface area contributed by atoms with E-state index >= 15 is 0 Å². The topological polar surface area (TPSA) is 72.1 Å². The van der Waals surface area contributed by atoms with Crippen LogP contribution in [-0.4, -0.2) is 27.8 Å². The quantitative estimate of drug-likeness (QED) is 0.837. The number of rotatable bonds is 5. The Bertz CT molecular complexity index is 645. The zero-order valence-electron chi connectivity index (χ0n) is 13.5. The summed E-state index contributed by atoms with van der Waals surface area (Å²) in [7, 11) is 1.80. The minimum atomic E-state index is -0.0794. The van der Waals surface area contributed by atoms with E-state index in [1.54, 1.807) is 28.7 Å². The van der Waals surface area contributed by atoms with E-state index in [1.165, 1.54) is 11.3 Å². The average molecular weight is 397 g/mol. The summed E-state index contributed by atoms with van der Waals surface area (Å²) >= 11 is 3.10. The first-order valence-electron chi connectivity index (χ1n) is 6.85. The maximum Gasteiger partial charge on any atom is 0.273 e. The number of halogens is 2. The lowest BCUT2D eigenvalue weighted by atomic mass is 10.2. The number of thiazole rings is 2. The Hall–Kier alpha value is -0.730. The number of carbonyl (C=O) groups is 1. The van der Waals surface area contributed by atoms with Gasteiger partial charge >= 0.3 is 0 Å². The molecule has 0 bridgehead atoms. The van der Waals surface area contributed by atoms with Gasteiger partial charge in [-0.25, -0.2) is 9.97 Å². The second-order valence-corrected chi connectivity index (χ2v) is 6.89. The van der Waals surface area contributed by atoms with Gasteiger partial charge in [0.15, 0.2) is 0 Å². The van der Waals surface area contributed by atoms with E-state index < -0.39 is 0 Å². The summed E-state index contributed by atoms with van der Waals surface area (Å²) in [5, 5.41) is 3.65. The lowest BCUT2D eigenvalue weighted by Crippen LogP contribution is -2.29. The molecule has 0 aromatic carbocycles. The molecule has 2 N–H and O–H groups in total. The molecule has 5 nitrogen and oxygen atoms in total. The maximum atomic E-state index is 12.5. The number of aryl methyl sites for hydroxylation is 2. The van der Waals surface area contributed by atoms with Gasteiger partial charge in [-0.05, 0) is 20.3 Å². The lowest BCUT2D eigenvalue weighted by Gasteiger charge is -2.23. The van der Waals surface area contributed by atoms with Crippen molar-refractivity contribution in [1.82, 2.24) is 14.9 Å². The Kier molecular flexibility index (Phi) is 9.24. The number of carbonyl (C=O) groups excluding carboxylic acids is 1. The molecule has 2 aromatic heterocycles. The van der Waals surface area contributed by atoms with E-state index in [0.717, 1.165) is 27.0 Å². The normalized spacial score (nSPS) is 11.3. The smallest absolute Gasteiger partial charge is 0.273 e. The average Bonchev–Trinajstić information content (AvgIpc) is 3.11. The first kappa shape index (κ1) is 22.3. The molecule has 2 aromatic rings. The molecule has 1 atom stereocenters. The van der Waals surface area contributed by atoms with Gasteiger partial charge in [0.25, 0.3) is 5.91 Å². The lowest BCUT2D eigenvalue weighted by molar-refractivity contribution is 0.0739. The van der Waals surface area contributed by atoms with Crippen LogP contribution >= 0.6 is 47.5 Å². The molecule has 9 heteroatoms. The number of hydrogen-bond acceptors (Lipinski definition) is 6. The first-order chi connectivity index (χ1) is 9.97. The molecule has 0 spiro atoms. The number of aromatic nitrogens is 2. The van der Waals surface area contributed by atoms with Crippen LogP contribution in [0.5, 0.6) is 0 Å². The first-order valence-corrected chi connectivity index (χ1v) is 8.55. The zero-order valence-corrected chi connectivity index (χ0v) is 16.8. The van der Waals surface area contributed by atoms with Crippen LogP contribution < -0.4 is 5.73 Å². The van der Waals surface area contributed by atoms with Crippen LogP contribution in [0.25, 0.3) is 0 Å². The predicted molar refractivity (Wildman–Crippen MR) is 101 cm³/mol. The summed E-state index contributed by atoms with van der Waals surface area (Å²) in [6, 6.07) is -0.0154. The van der Waals surface area contributed by atoms with Gasteiger partial charge in [0.2, 0.25) is 0 Å². The van der Waals surface area contributed by atoms with Crippen molar-refractivity contribution in [3.8, 4) is 0 Å². The Balaban J connectivity index is 0.00000242. The summed E-state index contributed by atoms with van der Waals surface area (Å²) in [6.07, 6.45) is 0.918. The van der Waals surface area contributed by atoms with E-state index in [4.69, 9.17) is 5.73 Å². The number of amides is 1. The molecular formula is C14H22Cl2N4OS2. The van der Waals surface area contributed by atoms with Gasteiger partial charge in [0.05, 0.1) is 16.7 Å². The Morgan fingerprint density at radius 3 is 2.48 bits per heavy atom. The van der Waals surface area contributed by atoms with Crippen LogP contribution in [0.3, 0.4) is 0 Å². The fourth-order valence-electron chi connectivity index (χ4n) is 2.04. The van der Waals surface area contributed by atoms with Crippen LogP contribution in [0.2, 0.25) is 0 Å². The molecule has 23 heavy (non-hydrogen) atoms. The zero-order chi connectivity index (χ0) is 15.6. The molecule has 0 aliphatic rings. The minimum Gasteiger partial charge on any atom is -0.333 e. The van der Waals surface area contributed by atoms with Crippen LogP contribution in [-0.2, 0) is 13.0 Å². The van der Waals surface area contributed by atoms with E-state index in [-0.39, 0.29) is 36.8 Å². The van der Waals surface area contributed by atoms with Gasteiger partial charge in [-0.1, -0.05) is 6.92 Å². The summed E-state index contributed by atoms with van der Waals surface area (Å²) in [5.74, 6) is -0.0794. The van der Waals surface area contributed by atoms with Gasteiger partial charge < -0.3 is 10.6 Å². The standard InChI is InChI=1S/C14H20N4OS2.2ClH/c1-5-11-16-8(2)13(21-11)9(3)18(4)14(19)10-7-20-12(6-15)17-10;;/h7,9H,5-6,15H2,1-4H3;2*1H. The van der Waals surface area contributed by atoms with Crippen molar-refractivity contribution < 1.29 is 4.79 Å². The van der Waals surface area contributed by atoms with Crippen molar-refractivity contribution in [2.45, 2.75) is 39.8 Å². The second-order valence-electron chi connectivity index (χ2n) is 4.83. The molecule has 0 saturated heterocycles. The van der Waals surface area contributed by atoms with Crippen molar-refractivity contribution in [2.75, 3.05) is 7.05 Å². The summed E-state index contributed by atoms with van der Waals surface area (Å²) in [4.78, 5) is 24.1. The molecule has 2 heterocycles. The van der Waals surface area contributed by atoms with E-state index in [9.17, 15) is 4.79 Å². The van der Waals surface area contributed by atoms with Gasteiger partial charge in [0.1, 0.15) is 10.7 Å². The molecule has 1 unspecified atom stereocenters. The van der Waals surface area contributed by atoms with Crippen LogP contribution in [0.1, 0.15) is 51.0 Å². The number of nitrogens with zero attached hydrogens (tertiary/aromatic N) is 3. The Labute approximate surface area is 157 Å². The van der Waals surface area contributed by atoms with Gasteiger partial charge in [-0.3, -0.25) is 4.79 Å². The van der Waals surface area contributed by atoms with Gasteiger partial charge in [-0.2, -0.15) is 0 Å². The molecule has 0 aliphatic heterocycles. The van der Waals surface area contributed by atoms with Crippen molar-refractivity contribution in [2.24, 2.45) is 5.73 Å². The highest BCUT2D eigenvalue weighted by atomic mass is 35.5. The monoisotopic (exact) mass is 396 g/mol. The van der Waals surface area contributed by atoms with Crippen molar-refractivity contribution in [1.29, 1.82) is 0 Å². The highest BCUT2D eigenvalue weighted by Gasteiger charge is 2.24. The SMILES string of the molecule is CCc1nc(C)c(C(C)N(C)C(=O)c2csc(CN)n2)s1.Cl.Cl. The maximum absolute atomic E-state index is 12.5. The van der Waals surface area contributed by atoms with Gasteiger partial charge in [0, 0.05) is 23.8 Å². The fraction of sp³-hybridized carbons (Fsp3) is 0.500. The molecule has 0 fully saturated rings. The number of hydrogen-bond donors (Lipinski definition) is 1. The van der Waals surface area contributed by atoms with Gasteiger partial charge in [-0.15, -0.1) is 47.5 Å². The second kappa shape index (κ2) is 9.54. The number of nitrogens with two attached hydrogens (primary N) is 1. The van der Waals surface area contributed by atoms with E-state index in [1.807, 2.05) is 13.8 Å². The third kappa shape index (κ3) is 4.87. The molecule has 130 valence electrons. The molecular weight excluding hydrogens is 375 g/mol. The third-order valence-corrected chi connectivity index (χ3v) is 5.75. The fourth-order valence-corrected chi connectivity index (χ4v) is 3.79. The predicted octanol–water partition coefficient (Wildman–Crippen LogP) is 3.61. The summed E-state index contributed by atoms with van der Waals surface area (Å²) in [6.45, 7) is 6.47. The highest BCUT2D eigenvalue weighted by molar-refractivity contribution is 7.11. The van der Waals surface area contributed by atoms with Crippen molar-refractivity contribution in [3.05, 3.63) is 31.7 Å².